The summed E-state index contributed by atoms with van der Waals surface area (Å²) >= 11 is 0. The van der Waals surface area contributed by atoms with E-state index in [4.69, 9.17) is 5.11 Å². The SMILES string of the molecule is CCCCCC(O)/C=C/[C@@H]1[C@@H](CC(=O)C(=O)O)[C@@H](O)C[C@H]1O. The van der Waals surface area contributed by atoms with Crippen molar-refractivity contribution in [3.63, 3.8) is 0 Å². The second-order valence-electron chi connectivity index (χ2n) is 5.99. The van der Waals surface area contributed by atoms with Crippen LogP contribution in [-0.4, -0.2) is 50.5 Å². The van der Waals surface area contributed by atoms with Crippen molar-refractivity contribution in [3.05, 3.63) is 12.2 Å². The number of unbranched alkanes of at least 4 members (excludes halogenated alkanes) is 2. The van der Waals surface area contributed by atoms with Gasteiger partial charge in [0.15, 0.2) is 0 Å². The Bertz CT molecular complexity index is 405. The molecule has 22 heavy (non-hydrogen) atoms. The fraction of sp³-hybridized carbons (Fsp3) is 0.750. The summed E-state index contributed by atoms with van der Waals surface area (Å²) in [6, 6.07) is 0. The van der Waals surface area contributed by atoms with Crippen LogP contribution in [0.3, 0.4) is 0 Å². The molecule has 0 aromatic rings. The van der Waals surface area contributed by atoms with Crippen molar-refractivity contribution in [1.82, 2.24) is 0 Å². The summed E-state index contributed by atoms with van der Waals surface area (Å²) in [6.07, 6.45) is 4.21. The van der Waals surface area contributed by atoms with Gasteiger partial charge in [-0.25, -0.2) is 4.79 Å². The topological polar surface area (TPSA) is 115 Å². The molecule has 1 saturated carbocycles. The summed E-state index contributed by atoms with van der Waals surface area (Å²) in [5, 5.41) is 38.4. The summed E-state index contributed by atoms with van der Waals surface area (Å²) in [4.78, 5) is 22.0. The maximum Gasteiger partial charge on any atom is 0.372 e. The van der Waals surface area contributed by atoms with Crippen molar-refractivity contribution < 1.29 is 30.0 Å². The molecule has 0 saturated heterocycles. The minimum atomic E-state index is -1.53. The van der Waals surface area contributed by atoms with Gasteiger partial charge in [-0.1, -0.05) is 38.3 Å². The van der Waals surface area contributed by atoms with E-state index in [0.717, 1.165) is 19.3 Å². The third-order valence-corrected chi connectivity index (χ3v) is 4.23. The molecule has 0 amide bonds. The molecule has 0 spiro atoms. The Hall–Kier alpha value is -1.24. The summed E-state index contributed by atoms with van der Waals surface area (Å²) in [5.41, 5.74) is 0. The Morgan fingerprint density at radius 2 is 1.91 bits per heavy atom. The fourth-order valence-electron chi connectivity index (χ4n) is 2.92. The summed E-state index contributed by atoms with van der Waals surface area (Å²) < 4.78 is 0. The Balaban J connectivity index is 2.63. The van der Waals surface area contributed by atoms with Crippen LogP contribution in [0.2, 0.25) is 0 Å². The van der Waals surface area contributed by atoms with Crippen LogP contribution in [0.15, 0.2) is 12.2 Å². The molecule has 126 valence electrons. The van der Waals surface area contributed by atoms with Gasteiger partial charge in [0.25, 0.3) is 0 Å². The van der Waals surface area contributed by atoms with Gasteiger partial charge in [0.1, 0.15) is 0 Å². The van der Waals surface area contributed by atoms with Crippen molar-refractivity contribution in [1.29, 1.82) is 0 Å². The zero-order chi connectivity index (χ0) is 16.7. The minimum Gasteiger partial charge on any atom is -0.476 e. The smallest absolute Gasteiger partial charge is 0.372 e. The number of Topliss-reactive ketones (excluding diaryl/α,β-unsaturated/α-hetero) is 1. The van der Waals surface area contributed by atoms with Gasteiger partial charge in [-0.05, 0) is 6.42 Å². The number of rotatable bonds is 9. The highest BCUT2D eigenvalue weighted by atomic mass is 16.4. The molecule has 0 aliphatic heterocycles. The molecule has 0 aromatic carbocycles. The lowest BCUT2D eigenvalue weighted by atomic mass is 9.88. The number of aliphatic hydroxyl groups excluding tert-OH is 3. The first-order chi connectivity index (χ1) is 10.4. The van der Waals surface area contributed by atoms with E-state index in [-0.39, 0.29) is 12.8 Å². The zero-order valence-electron chi connectivity index (χ0n) is 12.9. The number of carbonyl (C=O) groups excluding carboxylic acids is 1. The average molecular weight is 314 g/mol. The van der Waals surface area contributed by atoms with E-state index < -0.39 is 41.9 Å². The van der Waals surface area contributed by atoms with E-state index in [1.54, 1.807) is 12.2 Å². The lowest BCUT2D eigenvalue weighted by molar-refractivity contribution is -0.150. The predicted molar refractivity (Wildman–Crippen MR) is 80.2 cm³/mol. The van der Waals surface area contributed by atoms with Gasteiger partial charge in [0.05, 0.1) is 18.3 Å². The van der Waals surface area contributed by atoms with Crippen molar-refractivity contribution in [3.8, 4) is 0 Å². The highest BCUT2D eigenvalue weighted by Gasteiger charge is 2.41. The molecule has 6 nitrogen and oxygen atoms in total. The van der Waals surface area contributed by atoms with E-state index in [1.165, 1.54) is 0 Å². The number of ketones is 1. The first kappa shape index (κ1) is 18.8. The number of carboxylic acids is 1. The van der Waals surface area contributed by atoms with Gasteiger partial charge >= 0.3 is 5.97 Å². The predicted octanol–water partition coefficient (Wildman–Crippen LogP) is 0.885. The summed E-state index contributed by atoms with van der Waals surface area (Å²) in [5.74, 6) is -3.65. The molecular formula is C16H26O6. The van der Waals surface area contributed by atoms with E-state index >= 15 is 0 Å². The van der Waals surface area contributed by atoms with Crippen molar-refractivity contribution >= 4 is 11.8 Å². The fourth-order valence-corrected chi connectivity index (χ4v) is 2.92. The average Bonchev–Trinajstić information content (AvgIpc) is 2.71. The van der Waals surface area contributed by atoms with Crippen LogP contribution in [0.25, 0.3) is 0 Å². The lowest BCUT2D eigenvalue weighted by Crippen LogP contribution is -2.26. The van der Waals surface area contributed by atoms with E-state index in [9.17, 15) is 24.9 Å². The molecule has 1 fully saturated rings. The van der Waals surface area contributed by atoms with Crippen LogP contribution in [0.5, 0.6) is 0 Å². The maximum atomic E-state index is 11.3. The van der Waals surface area contributed by atoms with Gasteiger partial charge in [-0.2, -0.15) is 0 Å². The largest absolute Gasteiger partial charge is 0.476 e. The minimum absolute atomic E-state index is 0.110. The van der Waals surface area contributed by atoms with Crippen LogP contribution in [0, 0.1) is 11.8 Å². The number of hydrogen-bond donors (Lipinski definition) is 4. The second-order valence-corrected chi connectivity index (χ2v) is 5.99. The number of carbonyl (C=O) groups is 2. The van der Waals surface area contributed by atoms with E-state index in [2.05, 4.69) is 6.92 Å². The normalized spacial score (nSPS) is 29.8. The molecule has 1 aliphatic rings. The third kappa shape index (κ3) is 5.51. The molecule has 1 rings (SSSR count). The van der Waals surface area contributed by atoms with E-state index in [0.29, 0.717) is 6.42 Å². The highest BCUT2D eigenvalue weighted by Crippen LogP contribution is 2.36. The van der Waals surface area contributed by atoms with Gasteiger partial charge in [-0.3, -0.25) is 4.79 Å². The van der Waals surface area contributed by atoms with Crippen LogP contribution in [0.4, 0.5) is 0 Å². The van der Waals surface area contributed by atoms with Crippen molar-refractivity contribution in [2.24, 2.45) is 11.8 Å². The van der Waals surface area contributed by atoms with Gasteiger partial charge in [0, 0.05) is 24.7 Å². The molecule has 0 heterocycles. The molecular weight excluding hydrogens is 288 g/mol. The van der Waals surface area contributed by atoms with E-state index in [1.807, 2.05) is 0 Å². The Morgan fingerprint density at radius 3 is 2.50 bits per heavy atom. The standard InChI is InChI=1S/C16H26O6/c1-2-3-4-5-10(17)6-7-11-12(8-15(20)16(21)22)14(19)9-13(11)18/h6-7,10-14,17-19H,2-5,8-9H2,1H3,(H,21,22)/b7-6+/t10?,11-,12-,13-,14+/m1/s1. The molecule has 1 aliphatic carbocycles. The molecule has 0 bridgehead atoms. The molecule has 1 unspecified atom stereocenters. The second kappa shape index (κ2) is 9.02. The first-order valence-corrected chi connectivity index (χ1v) is 7.85. The Kier molecular flexibility index (Phi) is 7.72. The molecule has 4 N–H and O–H groups in total. The van der Waals surface area contributed by atoms with Gasteiger partial charge in [0.2, 0.25) is 5.78 Å². The summed E-state index contributed by atoms with van der Waals surface area (Å²) in [7, 11) is 0. The van der Waals surface area contributed by atoms with Crippen LogP contribution < -0.4 is 0 Å². The lowest BCUT2D eigenvalue weighted by Gasteiger charge is -2.19. The monoisotopic (exact) mass is 314 g/mol. The number of hydrogen-bond acceptors (Lipinski definition) is 5. The molecule has 5 atom stereocenters. The van der Waals surface area contributed by atoms with Crippen molar-refractivity contribution in [2.75, 3.05) is 0 Å². The first-order valence-electron chi connectivity index (χ1n) is 7.85. The van der Waals surface area contributed by atoms with Gasteiger partial charge < -0.3 is 20.4 Å². The Labute approximate surface area is 130 Å². The maximum absolute atomic E-state index is 11.3. The zero-order valence-corrected chi connectivity index (χ0v) is 12.9. The van der Waals surface area contributed by atoms with Crippen LogP contribution in [-0.2, 0) is 9.59 Å². The van der Waals surface area contributed by atoms with Crippen LogP contribution >= 0.6 is 0 Å². The third-order valence-electron chi connectivity index (χ3n) is 4.23. The number of carboxylic acid groups (broad SMARTS) is 1. The number of aliphatic carboxylic acids is 1. The highest BCUT2D eigenvalue weighted by molar-refractivity contribution is 6.32. The quantitative estimate of drug-likeness (QED) is 0.285. The molecule has 6 heteroatoms. The molecule has 0 aromatic heterocycles. The Morgan fingerprint density at radius 1 is 1.23 bits per heavy atom. The van der Waals surface area contributed by atoms with Crippen LogP contribution in [0.1, 0.15) is 45.4 Å². The van der Waals surface area contributed by atoms with Gasteiger partial charge in [-0.15, -0.1) is 0 Å². The number of aliphatic hydroxyl groups is 3. The molecule has 0 radical (unpaired) electrons. The summed E-state index contributed by atoms with van der Waals surface area (Å²) in [6.45, 7) is 2.07. The van der Waals surface area contributed by atoms with Crippen molar-refractivity contribution in [2.45, 2.75) is 63.8 Å².